The quantitative estimate of drug-likeness (QED) is 0.403. The van der Waals surface area contributed by atoms with Crippen LogP contribution in [0.4, 0.5) is 13.2 Å². The van der Waals surface area contributed by atoms with Crippen LogP contribution in [0.1, 0.15) is 56.5 Å². The molecule has 0 radical (unpaired) electrons. The number of alkyl halides is 1. The number of para-hydroxylation sites is 1. The lowest BCUT2D eigenvalue weighted by molar-refractivity contribution is 0.0153. The highest BCUT2D eigenvalue weighted by Crippen LogP contribution is 2.43. The van der Waals surface area contributed by atoms with Gasteiger partial charge in [-0.2, -0.15) is 0 Å². The first kappa shape index (κ1) is 26.1. The molecule has 0 spiro atoms. The van der Waals surface area contributed by atoms with Crippen molar-refractivity contribution in [2.75, 3.05) is 32.8 Å². The van der Waals surface area contributed by atoms with Crippen LogP contribution in [-0.2, 0) is 6.42 Å². The molecule has 3 atom stereocenters. The molecule has 0 aliphatic carbocycles. The Labute approximate surface area is 216 Å². The number of hydrogen-bond donors (Lipinski definition) is 2. The molecule has 5 nitrogen and oxygen atoms in total. The van der Waals surface area contributed by atoms with E-state index < -0.39 is 30.0 Å². The fourth-order valence-electron chi connectivity index (χ4n) is 5.74. The summed E-state index contributed by atoms with van der Waals surface area (Å²) in [5.41, 5.74) is 0.438. The Morgan fingerprint density at radius 2 is 1.86 bits per heavy atom. The zero-order valence-electron chi connectivity index (χ0n) is 21.7. The molecule has 37 heavy (non-hydrogen) atoms. The van der Waals surface area contributed by atoms with E-state index in [4.69, 9.17) is 4.74 Å². The fourth-order valence-corrected chi connectivity index (χ4v) is 5.74. The number of likely N-dealkylation sites (tertiary alicyclic amines) is 1. The van der Waals surface area contributed by atoms with E-state index in [9.17, 15) is 5.11 Å². The lowest BCUT2D eigenvalue weighted by atomic mass is 9.87. The van der Waals surface area contributed by atoms with Crippen molar-refractivity contribution in [1.82, 2.24) is 14.8 Å². The molecule has 0 bridgehead atoms. The molecule has 0 saturated carbocycles. The smallest absolute Gasteiger partial charge is 0.143 e. The molecule has 2 N–H and O–H groups in total. The number of unbranched alkanes of at least 4 members (excludes halogenated alkanes) is 1. The largest absolute Gasteiger partial charge is 0.488 e. The molecule has 1 saturated heterocycles. The first-order valence-electron chi connectivity index (χ1n) is 13.2. The fraction of sp³-hybridized carbons (Fsp3) is 0.517. The molecule has 3 heterocycles. The van der Waals surface area contributed by atoms with Crippen LogP contribution in [0.2, 0.25) is 0 Å². The number of nitrogens with zero attached hydrogens (tertiary/aromatic N) is 2. The molecule has 0 amide bonds. The second kappa shape index (κ2) is 10.3. The van der Waals surface area contributed by atoms with Crippen molar-refractivity contribution < 1.29 is 23.0 Å². The van der Waals surface area contributed by atoms with E-state index in [2.05, 4.69) is 16.8 Å². The minimum atomic E-state index is -1.93. The van der Waals surface area contributed by atoms with Crippen LogP contribution < -0.4 is 4.74 Å². The number of fused-ring (bicyclic) bond motifs is 3. The van der Waals surface area contributed by atoms with Gasteiger partial charge < -0.3 is 14.8 Å². The van der Waals surface area contributed by atoms with E-state index in [1.807, 2.05) is 31.2 Å². The maximum Gasteiger partial charge on any atom is 0.143 e. The lowest BCUT2D eigenvalue weighted by Crippen LogP contribution is -2.53. The number of aromatic nitrogens is 1. The topological polar surface area (TPSA) is 51.7 Å². The van der Waals surface area contributed by atoms with Gasteiger partial charge in [0.25, 0.3) is 0 Å². The maximum atomic E-state index is 15.8. The Bertz CT molecular complexity index is 1230. The molecular weight excluding hydrogens is 479 g/mol. The van der Waals surface area contributed by atoms with Crippen molar-refractivity contribution in [3.05, 3.63) is 64.9 Å². The molecule has 2 aliphatic rings. The van der Waals surface area contributed by atoms with Crippen LogP contribution in [-0.4, -0.2) is 70.5 Å². The highest BCUT2D eigenvalue weighted by Gasteiger charge is 2.42. The number of rotatable bonds is 9. The molecule has 3 aromatic rings. The van der Waals surface area contributed by atoms with E-state index in [0.717, 1.165) is 48.9 Å². The number of aromatic amines is 1. The predicted octanol–water partition coefficient (Wildman–Crippen LogP) is 5.37. The normalized spacial score (nSPS) is 22.6. The minimum Gasteiger partial charge on any atom is -0.488 e. The molecule has 2 aromatic carbocycles. The van der Waals surface area contributed by atoms with Crippen LogP contribution in [0, 0.1) is 11.6 Å². The average Bonchev–Trinajstić information content (AvgIpc) is 3.19. The van der Waals surface area contributed by atoms with Crippen LogP contribution in [0.5, 0.6) is 5.75 Å². The van der Waals surface area contributed by atoms with Crippen molar-refractivity contribution in [2.45, 2.75) is 63.9 Å². The molecule has 8 heteroatoms. The Morgan fingerprint density at radius 1 is 1.16 bits per heavy atom. The van der Waals surface area contributed by atoms with Gasteiger partial charge in [-0.05, 0) is 44.9 Å². The first-order chi connectivity index (χ1) is 17.7. The highest BCUT2D eigenvalue weighted by molar-refractivity contribution is 5.85. The second-order valence-corrected chi connectivity index (χ2v) is 10.9. The van der Waals surface area contributed by atoms with Crippen molar-refractivity contribution in [2.24, 2.45) is 0 Å². The summed E-state index contributed by atoms with van der Waals surface area (Å²) in [5, 5.41) is 10.6. The van der Waals surface area contributed by atoms with E-state index in [1.165, 1.54) is 19.1 Å². The molecule has 0 unspecified atom stereocenters. The van der Waals surface area contributed by atoms with Crippen LogP contribution >= 0.6 is 0 Å². The Morgan fingerprint density at radius 3 is 2.54 bits per heavy atom. The summed E-state index contributed by atoms with van der Waals surface area (Å²) in [7, 11) is 0. The van der Waals surface area contributed by atoms with Crippen molar-refractivity contribution in [3.63, 3.8) is 0 Å². The van der Waals surface area contributed by atoms with Gasteiger partial charge >= 0.3 is 0 Å². The summed E-state index contributed by atoms with van der Waals surface area (Å²) in [6.07, 6.45) is 2.74. The molecule has 1 fully saturated rings. The molecule has 1 aromatic heterocycles. The maximum absolute atomic E-state index is 15.8. The lowest BCUT2D eigenvalue weighted by Gasteiger charge is -2.43. The zero-order valence-corrected chi connectivity index (χ0v) is 21.7. The number of aliphatic hydroxyl groups excluding tert-OH is 1. The summed E-state index contributed by atoms with van der Waals surface area (Å²) in [6.45, 7) is 7.02. The van der Waals surface area contributed by atoms with Crippen molar-refractivity contribution >= 4 is 10.9 Å². The van der Waals surface area contributed by atoms with Crippen LogP contribution in [0.15, 0.2) is 36.4 Å². The van der Waals surface area contributed by atoms with Crippen molar-refractivity contribution in [3.8, 4) is 5.75 Å². The van der Waals surface area contributed by atoms with Gasteiger partial charge in [0.05, 0.1) is 12.6 Å². The number of halogens is 3. The van der Waals surface area contributed by atoms with E-state index >= 15 is 13.2 Å². The van der Waals surface area contributed by atoms with Gasteiger partial charge in [0.2, 0.25) is 0 Å². The van der Waals surface area contributed by atoms with E-state index in [0.29, 0.717) is 12.1 Å². The average molecular weight is 516 g/mol. The molecular formula is C29H36F3N3O2. The van der Waals surface area contributed by atoms with Crippen LogP contribution in [0.3, 0.4) is 0 Å². The van der Waals surface area contributed by atoms with Gasteiger partial charge in [-0.3, -0.25) is 9.80 Å². The third kappa shape index (κ3) is 5.11. The van der Waals surface area contributed by atoms with Gasteiger partial charge in [0.15, 0.2) is 0 Å². The standard InChI is InChI=1S/C29H36F3N3O2/c1-4-5-10-34-14-20(15-34)37-19-12-23(30)26(24(31)13-19)28-27-22(21-8-6-7-9-25(21)33-27)11-18(2)35(28)16-29(3,32)17-36/h6-9,12-13,18,20,28,33,36H,4-5,10-11,14-17H2,1-3H3/t18-,28-,29-/m1/s1. The van der Waals surface area contributed by atoms with E-state index in [1.54, 1.807) is 4.90 Å². The van der Waals surface area contributed by atoms with Gasteiger partial charge in [-0.15, -0.1) is 0 Å². The van der Waals surface area contributed by atoms with Crippen LogP contribution in [0.25, 0.3) is 10.9 Å². The zero-order chi connectivity index (χ0) is 26.3. The molecule has 5 rings (SSSR count). The third-order valence-electron chi connectivity index (χ3n) is 7.74. The summed E-state index contributed by atoms with van der Waals surface area (Å²) < 4.78 is 52.5. The predicted molar refractivity (Wildman–Crippen MR) is 139 cm³/mol. The molecule has 200 valence electrons. The van der Waals surface area contributed by atoms with Gasteiger partial charge in [-0.25, -0.2) is 13.2 Å². The van der Waals surface area contributed by atoms with E-state index in [-0.39, 0.29) is 30.0 Å². The number of ether oxygens (including phenoxy) is 1. The SMILES string of the molecule is CCCCN1CC(Oc2cc(F)c([C@@H]3c4[nH]c5ccccc5c4C[C@@H](C)N3C[C@@](C)(F)CO)c(F)c2)C1. The second-order valence-electron chi connectivity index (χ2n) is 10.9. The summed E-state index contributed by atoms with van der Waals surface area (Å²) in [6, 6.07) is 9.15. The van der Waals surface area contributed by atoms with Gasteiger partial charge in [0, 0.05) is 60.0 Å². The molecule has 2 aliphatic heterocycles. The monoisotopic (exact) mass is 515 g/mol. The Balaban J connectivity index is 1.50. The van der Waals surface area contributed by atoms with Gasteiger partial charge in [-0.1, -0.05) is 31.5 Å². The van der Waals surface area contributed by atoms with Gasteiger partial charge in [0.1, 0.15) is 29.2 Å². The third-order valence-corrected chi connectivity index (χ3v) is 7.74. The Hall–Kier alpha value is -2.55. The highest BCUT2D eigenvalue weighted by atomic mass is 19.1. The Kier molecular flexibility index (Phi) is 7.27. The summed E-state index contributed by atoms with van der Waals surface area (Å²) in [5.74, 6) is -1.29. The van der Waals surface area contributed by atoms with Crippen molar-refractivity contribution in [1.29, 1.82) is 0 Å². The number of H-pyrrole nitrogens is 1. The number of hydrogen-bond acceptors (Lipinski definition) is 4. The first-order valence-corrected chi connectivity index (χ1v) is 13.2. The summed E-state index contributed by atoms with van der Waals surface area (Å²) >= 11 is 0. The summed E-state index contributed by atoms with van der Waals surface area (Å²) in [4.78, 5) is 7.39. The minimum absolute atomic E-state index is 0.0928. The number of aliphatic hydroxyl groups is 1. The number of nitrogens with one attached hydrogen (secondary N) is 1. The number of benzene rings is 2.